The lowest BCUT2D eigenvalue weighted by Gasteiger charge is -2.44. The summed E-state index contributed by atoms with van der Waals surface area (Å²) in [7, 11) is 0. The molecule has 2 atom stereocenters. The Morgan fingerprint density at radius 2 is 1.77 bits per heavy atom. The van der Waals surface area contributed by atoms with E-state index in [9.17, 15) is 19.8 Å². The summed E-state index contributed by atoms with van der Waals surface area (Å²) < 4.78 is 1.13. The lowest BCUT2D eigenvalue weighted by Crippen LogP contribution is -2.40. The molecule has 0 bridgehead atoms. The second-order valence-corrected chi connectivity index (χ2v) is 10.3. The number of rotatable bonds is 4. The van der Waals surface area contributed by atoms with Crippen LogP contribution in [0.25, 0.3) is 5.69 Å². The number of aromatic nitrogens is 2. The molecule has 1 heterocycles. The van der Waals surface area contributed by atoms with Crippen LogP contribution in [-0.2, 0) is 0 Å². The Labute approximate surface area is 182 Å². The molecule has 7 heteroatoms. The zero-order chi connectivity index (χ0) is 23.1. The molecule has 0 amide bonds. The summed E-state index contributed by atoms with van der Waals surface area (Å²) in [6.45, 7) is 12.4. The SMILES string of the molecule is Cc1cc(C)c(-n2c(O)c(C=NC[C@]3(C)C[C@H](O)CC(C)(C)C3)c(=O)[nH]c2=O)c(C)c1. The number of aliphatic hydroxyl groups is 1. The molecule has 7 nitrogen and oxygen atoms in total. The van der Waals surface area contributed by atoms with Crippen molar-refractivity contribution < 1.29 is 10.2 Å². The van der Waals surface area contributed by atoms with E-state index in [1.54, 1.807) is 0 Å². The highest BCUT2D eigenvalue weighted by Crippen LogP contribution is 2.46. The minimum atomic E-state index is -0.696. The van der Waals surface area contributed by atoms with Crippen molar-refractivity contribution in [3.05, 3.63) is 55.2 Å². The summed E-state index contributed by atoms with van der Waals surface area (Å²) in [6, 6.07) is 3.84. The normalized spacial score (nSPS) is 23.4. The van der Waals surface area contributed by atoms with Gasteiger partial charge in [0, 0.05) is 12.8 Å². The second-order valence-electron chi connectivity index (χ2n) is 10.3. The van der Waals surface area contributed by atoms with Crippen LogP contribution in [0.1, 0.15) is 62.3 Å². The third kappa shape index (κ3) is 4.82. The molecule has 0 unspecified atom stereocenters. The molecule has 0 spiro atoms. The van der Waals surface area contributed by atoms with E-state index in [1.165, 1.54) is 6.21 Å². The van der Waals surface area contributed by atoms with Gasteiger partial charge in [-0.25, -0.2) is 9.36 Å². The van der Waals surface area contributed by atoms with E-state index >= 15 is 0 Å². The molecule has 1 aliphatic rings. The topological polar surface area (TPSA) is 108 Å². The van der Waals surface area contributed by atoms with E-state index in [0.29, 0.717) is 18.7 Å². The largest absolute Gasteiger partial charge is 0.493 e. The first-order valence-corrected chi connectivity index (χ1v) is 10.7. The standard InChI is InChI=1S/C24H33N3O4/c1-14-7-15(2)19(16(3)8-14)27-21(30)18(20(29)26-22(27)31)11-25-13-24(6)10-17(28)9-23(4,5)12-24/h7-8,11,17,28,30H,9-10,12-13H2,1-6H3,(H,26,29,31)/t17-,24-/m1/s1. The highest BCUT2D eigenvalue weighted by Gasteiger charge is 2.40. The Kier molecular flexibility index (Phi) is 6.02. The van der Waals surface area contributed by atoms with Gasteiger partial charge in [0.15, 0.2) is 0 Å². The maximum atomic E-state index is 12.6. The first-order valence-electron chi connectivity index (χ1n) is 10.7. The minimum Gasteiger partial charge on any atom is -0.493 e. The van der Waals surface area contributed by atoms with Crippen molar-refractivity contribution in [2.24, 2.45) is 15.8 Å². The van der Waals surface area contributed by atoms with Crippen molar-refractivity contribution in [3.63, 3.8) is 0 Å². The minimum absolute atomic E-state index is 0.00920. The third-order valence-corrected chi connectivity index (χ3v) is 6.10. The molecular weight excluding hydrogens is 394 g/mol. The predicted molar refractivity (Wildman–Crippen MR) is 123 cm³/mol. The van der Waals surface area contributed by atoms with E-state index in [-0.39, 0.29) is 22.5 Å². The number of aliphatic hydroxyl groups excluding tert-OH is 1. The van der Waals surface area contributed by atoms with Crippen LogP contribution in [0, 0.1) is 31.6 Å². The molecule has 1 aliphatic carbocycles. The Morgan fingerprint density at radius 1 is 1.16 bits per heavy atom. The van der Waals surface area contributed by atoms with Crippen molar-refractivity contribution >= 4 is 6.21 Å². The van der Waals surface area contributed by atoms with Crippen LogP contribution in [0.3, 0.4) is 0 Å². The number of aromatic amines is 1. The summed E-state index contributed by atoms with van der Waals surface area (Å²) in [5.41, 5.74) is 1.59. The lowest BCUT2D eigenvalue weighted by molar-refractivity contribution is -0.00472. The third-order valence-electron chi connectivity index (χ3n) is 6.10. The van der Waals surface area contributed by atoms with E-state index in [4.69, 9.17) is 0 Å². The number of nitrogens with zero attached hydrogens (tertiary/aromatic N) is 2. The quantitative estimate of drug-likeness (QED) is 0.652. The first-order chi connectivity index (χ1) is 14.3. The van der Waals surface area contributed by atoms with Gasteiger partial charge in [-0.15, -0.1) is 0 Å². The van der Waals surface area contributed by atoms with Gasteiger partial charge in [0.1, 0.15) is 5.56 Å². The summed E-state index contributed by atoms with van der Waals surface area (Å²) >= 11 is 0. The molecule has 1 fully saturated rings. The summed E-state index contributed by atoms with van der Waals surface area (Å²) in [4.78, 5) is 31.7. The van der Waals surface area contributed by atoms with Gasteiger partial charge >= 0.3 is 5.69 Å². The summed E-state index contributed by atoms with van der Waals surface area (Å²) in [6.07, 6.45) is 3.25. The predicted octanol–water partition coefficient (Wildman–Crippen LogP) is 3.15. The second kappa shape index (κ2) is 8.11. The van der Waals surface area contributed by atoms with E-state index in [0.717, 1.165) is 34.1 Å². The smallest absolute Gasteiger partial charge is 0.335 e. The molecule has 3 rings (SSSR count). The van der Waals surface area contributed by atoms with Crippen LogP contribution < -0.4 is 11.2 Å². The fourth-order valence-corrected chi connectivity index (χ4v) is 5.44. The van der Waals surface area contributed by atoms with Crippen LogP contribution >= 0.6 is 0 Å². The highest BCUT2D eigenvalue weighted by molar-refractivity contribution is 5.82. The van der Waals surface area contributed by atoms with Crippen LogP contribution in [0.5, 0.6) is 5.88 Å². The summed E-state index contributed by atoms with van der Waals surface area (Å²) in [5, 5.41) is 21.1. The van der Waals surface area contributed by atoms with Crippen LogP contribution in [0.15, 0.2) is 26.7 Å². The van der Waals surface area contributed by atoms with Gasteiger partial charge < -0.3 is 10.2 Å². The Hall–Kier alpha value is -2.67. The van der Waals surface area contributed by atoms with Crippen LogP contribution in [-0.4, -0.2) is 38.6 Å². The maximum absolute atomic E-state index is 12.6. The zero-order valence-corrected chi connectivity index (χ0v) is 19.2. The number of hydrogen-bond acceptors (Lipinski definition) is 5. The number of hydrogen-bond donors (Lipinski definition) is 3. The number of nitrogens with one attached hydrogen (secondary N) is 1. The van der Waals surface area contributed by atoms with Gasteiger partial charge in [-0.1, -0.05) is 38.5 Å². The molecule has 2 aromatic rings. The van der Waals surface area contributed by atoms with E-state index in [1.807, 2.05) is 32.9 Å². The molecule has 168 valence electrons. The molecular formula is C24H33N3O4. The highest BCUT2D eigenvalue weighted by atomic mass is 16.3. The van der Waals surface area contributed by atoms with Gasteiger partial charge in [0.2, 0.25) is 5.88 Å². The van der Waals surface area contributed by atoms with E-state index in [2.05, 4.69) is 30.7 Å². The van der Waals surface area contributed by atoms with Gasteiger partial charge in [0.05, 0.1) is 11.8 Å². The van der Waals surface area contributed by atoms with Gasteiger partial charge in [-0.3, -0.25) is 14.8 Å². The number of aromatic hydroxyl groups is 1. The average molecular weight is 428 g/mol. The van der Waals surface area contributed by atoms with Crippen LogP contribution in [0.2, 0.25) is 0 Å². The fourth-order valence-electron chi connectivity index (χ4n) is 5.44. The molecule has 0 radical (unpaired) electrons. The number of benzene rings is 1. The summed E-state index contributed by atoms with van der Waals surface area (Å²) in [5.74, 6) is -0.429. The molecule has 0 saturated heterocycles. The van der Waals surface area contributed by atoms with Crippen molar-refractivity contribution in [1.82, 2.24) is 9.55 Å². The molecule has 1 aromatic carbocycles. The van der Waals surface area contributed by atoms with Crippen molar-refractivity contribution in [3.8, 4) is 11.6 Å². The average Bonchev–Trinajstić information content (AvgIpc) is 2.57. The Bertz CT molecular complexity index is 1120. The zero-order valence-electron chi connectivity index (χ0n) is 19.2. The molecule has 1 aromatic heterocycles. The fraction of sp³-hybridized carbons (Fsp3) is 0.542. The lowest BCUT2D eigenvalue weighted by atomic mass is 9.63. The molecule has 3 N–H and O–H groups in total. The Balaban J connectivity index is 2.00. The van der Waals surface area contributed by atoms with Gasteiger partial charge in [0.25, 0.3) is 5.56 Å². The van der Waals surface area contributed by atoms with Crippen molar-refractivity contribution in [2.45, 2.75) is 66.9 Å². The van der Waals surface area contributed by atoms with Crippen molar-refractivity contribution in [1.29, 1.82) is 0 Å². The first kappa shape index (κ1) is 23.0. The molecule has 31 heavy (non-hydrogen) atoms. The number of H-pyrrole nitrogens is 1. The van der Waals surface area contributed by atoms with Gasteiger partial charge in [-0.2, -0.15) is 0 Å². The number of aliphatic imine (C=N–C) groups is 1. The monoisotopic (exact) mass is 427 g/mol. The Morgan fingerprint density at radius 3 is 2.35 bits per heavy atom. The molecule has 0 aliphatic heterocycles. The maximum Gasteiger partial charge on any atom is 0.335 e. The van der Waals surface area contributed by atoms with Gasteiger partial charge in [-0.05, 0) is 62.0 Å². The van der Waals surface area contributed by atoms with Crippen molar-refractivity contribution in [2.75, 3.05) is 6.54 Å². The molecule has 1 saturated carbocycles. The van der Waals surface area contributed by atoms with Crippen LogP contribution in [0.4, 0.5) is 0 Å². The number of aryl methyl sites for hydroxylation is 3. The van der Waals surface area contributed by atoms with E-state index < -0.39 is 17.1 Å².